The highest BCUT2D eigenvalue weighted by Gasteiger charge is 2.12. The molecule has 1 aromatic carbocycles. The van der Waals surface area contributed by atoms with Gasteiger partial charge in [0.15, 0.2) is 11.5 Å². The largest absolute Gasteiger partial charge is 0.456 e. The predicted molar refractivity (Wildman–Crippen MR) is 83.0 cm³/mol. The quantitative estimate of drug-likeness (QED) is 0.493. The Bertz CT molecular complexity index is 747. The maximum atomic E-state index is 11.6. The molecule has 0 atom stereocenters. The molecule has 3 rings (SSSR count). The van der Waals surface area contributed by atoms with E-state index in [4.69, 9.17) is 14.2 Å². The van der Waals surface area contributed by atoms with Gasteiger partial charge in [-0.2, -0.15) is 0 Å². The molecule has 5 nitrogen and oxygen atoms in total. The van der Waals surface area contributed by atoms with Crippen molar-refractivity contribution in [2.24, 2.45) is 0 Å². The molecule has 23 heavy (non-hydrogen) atoms. The van der Waals surface area contributed by atoms with Gasteiger partial charge in [-0.3, -0.25) is 4.98 Å². The van der Waals surface area contributed by atoms with Crippen LogP contribution in [0, 0.1) is 11.8 Å². The van der Waals surface area contributed by atoms with Gasteiger partial charge in [0.2, 0.25) is 6.79 Å². The number of aryl methyl sites for hydroxylation is 1. The number of esters is 1. The summed E-state index contributed by atoms with van der Waals surface area (Å²) in [5.41, 5.74) is 1.85. The first kappa shape index (κ1) is 14.9. The average molecular weight is 309 g/mol. The fourth-order valence-electron chi connectivity index (χ4n) is 2.12. The third-order valence-corrected chi connectivity index (χ3v) is 3.27. The van der Waals surface area contributed by atoms with Crippen LogP contribution in [0.1, 0.15) is 17.5 Å². The molecule has 0 amide bonds. The van der Waals surface area contributed by atoms with E-state index in [1.54, 1.807) is 30.6 Å². The fourth-order valence-corrected chi connectivity index (χ4v) is 2.12. The molecule has 1 aliphatic heterocycles. The monoisotopic (exact) mass is 309 g/mol. The summed E-state index contributed by atoms with van der Waals surface area (Å²) in [5.74, 6) is 6.04. The molecule has 0 saturated heterocycles. The SMILES string of the molecule is O=C(C#Cc1ccc2c(c1)OCO2)OCCCc1ccncc1. The Hall–Kier alpha value is -3.00. The van der Waals surface area contributed by atoms with E-state index in [-0.39, 0.29) is 6.79 Å². The molecular formula is C18H15NO4. The molecule has 0 spiro atoms. The van der Waals surface area contributed by atoms with Crippen LogP contribution in [0.4, 0.5) is 0 Å². The third kappa shape index (κ3) is 4.24. The summed E-state index contributed by atoms with van der Waals surface area (Å²) < 4.78 is 15.6. The lowest BCUT2D eigenvalue weighted by molar-refractivity contribution is -0.136. The number of hydrogen-bond acceptors (Lipinski definition) is 5. The van der Waals surface area contributed by atoms with Crippen LogP contribution < -0.4 is 9.47 Å². The van der Waals surface area contributed by atoms with Gasteiger partial charge in [-0.1, -0.05) is 5.92 Å². The Labute approximate surface area is 134 Å². The van der Waals surface area contributed by atoms with Crippen LogP contribution in [0.25, 0.3) is 0 Å². The number of pyridine rings is 1. The van der Waals surface area contributed by atoms with Crippen molar-refractivity contribution < 1.29 is 19.0 Å². The molecule has 116 valence electrons. The summed E-state index contributed by atoms with van der Waals surface area (Å²) in [7, 11) is 0. The van der Waals surface area contributed by atoms with Crippen LogP contribution in [0.3, 0.4) is 0 Å². The molecule has 0 aliphatic carbocycles. The smallest absolute Gasteiger partial charge is 0.384 e. The number of carbonyl (C=O) groups excluding carboxylic acids is 1. The second-order valence-corrected chi connectivity index (χ2v) is 4.91. The average Bonchev–Trinajstić information content (AvgIpc) is 3.05. The van der Waals surface area contributed by atoms with Crippen molar-refractivity contribution in [3.63, 3.8) is 0 Å². The number of hydrogen-bond donors (Lipinski definition) is 0. The fraction of sp³-hybridized carbons (Fsp3) is 0.222. The summed E-state index contributed by atoms with van der Waals surface area (Å²) in [4.78, 5) is 15.6. The summed E-state index contributed by atoms with van der Waals surface area (Å²) in [6.45, 7) is 0.558. The van der Waals surface area contributed by atoms with Gasteiger partial charge in [-0.15, -0.1) is 0 Å². The number of ether oxygens (including phenoxy) is 3. The van der Waals surface area contributed by atoms with E-state index >= 15 is 0 Å². The minimum Gasteiger partial charge on any atom is -0.456 e. The van der Waals surface area contributed by atoms with Gasteiger partial charge in [0, 0.05) is 23.9 Å². The van der Waals surface area contributed by atoms with Crippen molar-refractivity contribution in [1.29, 1.82) is 0 Å². The van der Waals surface area contributed by atoms with Crippen molar-refractivity contribution in [1.82, 2.24) is 4.98 Å². The van der Waals surface area contributed by atoms with Crippen molar-refractivity contribution >= 4 is 5.97 Å². The van der Waals surface area contributed by atoms with E-state index in [1.807, 2.05) is 12.1 Å². The number of nitrogens with zero attached hydrogens (tertiary/aromatic N) is 1. The highest BCUT2D eigenvalue weighted by molar-refractivity contribution is 5.89. The van der Waals surface area contributed by atoms with Gasteiger partial charge in [0.25, 0.3) is 0 Å². The van der Waals surface area contributed by atoms with Gasteiger partial charge in [0.05, 0.1) is 6.61 Å². The lowest BCUT2D eigenvalue weighted by Gasteiger charge is -2.01. The first-order chi connectivity index (χ1) is 11.3. The Morgan fingerprint density at radius 2 is 2.00 bits per heavy atom. The highest BCUT2D eigenvalue weighted by Crippen LogP contribution is 2.32. The predicted octanol–water partition coefficient (Wildman–Crippen LogP) is 2.34. The number of aromatic nitrogens is 1. The van der Waals surface area contributed by atoms with E-state index in [0.717, 1.165) is 12.8 Å². The number of fused-ring (bicyclic) bond motifs is 1. The molecule has 0 N–H and O–H groups in total. The second kappa shape index (κ2) is 7.32. The van der Waals surface area contributed by atoms with Crippen molar-refractivity contribution in [2.75, 3.05) is 13.4 Å². The maximum Gasteiger partial charge on any atom is 0.384 e. The molecule has 1 aromatic heterocycles. The van der Waals surface area contributed by atoms with Gasteiger partial charge < -0.3 is 14.2 Å². The van der Waals surface area contributed by atoms with Gasteiger partial charge >= 0.3 is 5.97 Å². The summed E-state index contributed by atoms with van der Waals surface area (Å²) in [6, 6.07) is 9.18. The van der Waals surface area contributed by atoms with Gasteiger partial charge in [0.1, 0.15) is 0 Å². The Balaban J connectivity index is 1.45. The van der Waals surface area contributed by atoms with Crippen LogP contribution >= 0.6 is 0 Å². The third-order valence-electron chi connectivity index (χ3n) is 3.27. The lowest BCUT2D eigenvalue weighted by atomic mass is 10.1. The molecule has 1 aliphatic rings. The van der Waals surface area contributed by atoms with Gasteiger partial charge in [-0.25, -0.2) is 4.79 Å². The molecule has 0 bridgehead atoms. The zero-order valence-electron chi connectivity index (χ0n) is 12.5. The Morgan fingerprint density at radius 1 is 1.17 bits per heavy atom. The topological polar surface area (TPSA) is 57.7 Å². The minimum atomic E-state index is -0.530. The first-order valence-corrected chi connectivity index (χ1v) is 7.28. The summed E-state index contributed by atoms with van der Waals surface area (Å²) in [5, 5.41) is 0. The van der Waals surface area contributed by atoms with Crippen molar-refractivity contribution in [3.8, 4) is 23.3 Å². The normalized spacial score (nSPS) is 11.5. The van der Waals surface area contributed by atoms with Crippen LogP contribution in [0.5, 0.6) is 11.5 Å². The van der Waals surface area contributed by atoms with E-state index in [2.05, 4.69) is 16.8 Å². The molecule has 5 heteroatoms. The molecule has 0 radical (unpaired) electrons. The zero-order valence-corrected chi connectivity index (χ0v) is 12.5. The molecule has 0 fully saturated rings. The maximum absolute atomic E-state index is 11.6. The summed E-state index contributed by atoms with van der Waals surface area (Å²) in [6.07, 6.45) is 5.09. The summed E-state index contributed by atoms with van der Waals surface area (Å²) >= 11 is 0. The van der Waals surface area contributed by atoms with E-state index in [9.17, 15) is 4.79 Å². The lowest BCUT2D eigenvalue weighted by Crippen LogP contribution is -2.04. The molecule has 0 unspecified atom stereocenters. The Morgan fingerprint density at radius 3 is 2.87 bits per heavy atom. The van der Waals surface area contributed by atoms with Crippen molar-refractivity contribution in [2.45, 2.75) is 12.8 Å². The molecule has 0 saturated carbocycles. The minimum absolute atomic E-state index is 0.214. The van der Waals surface area contributed by atoms with Crippen LogP contribution in [0.15, 0.2) is 42.7 Å². The molecule has 2 heterocycles. The number of carbonyl (C=O) groups is 1. The van der Waals surface area contributed by atoms with E-state index in [0.29, 0.717) is 23.7 Å². The van der Waals surface area contributed by atoms with Crippen LogP contribution in [0.2, 0.25) is 0 Å². The number of benzene rings is 1. The Kier molecular flexibility index (Phi) is 4.75. The molecular weight excluding hydrogens is 294 g/mol. The highest BCUT2D eigenvalue weighted by atomic mass is 16.7. The van der Waals surface area contributed by atoms with E-state index in [1.165, 1.54) is 5.56 Å². The van der Waals surface area contributed by atoms with E-state index < -0.39 is 5.97 Å². The standard InChI is InChI=1S/C18H15NO4/c20-18(21-11-1-2-14-7-9-19-10-8-14)6-4-15-3-5-16-17(12-15)23-13-22-16/h3,5,7-10,12H,1-2,11,13H2. The zero-order chi connectivity index (χ0) is 15.9. The van der Waals surface area contributed by atoms with Crippen LogP contribution in [-0.4, -0.2) is 24.4 Å². The second-order valence-electron chi connectivity index (χ2n) is 4.91. The molecule has 2 aromatic rings. The number of rotatable bonds is 4. The first-order valence-electron chi connectivity index (χ1n) is 7.28. The van der Waals surface area contributed by atoms with Gasteiger partial charge in [-0.05, 0) is 48.7 Å². The van der Waals surface area contributed by atoms with Crippen LogP contribution in [-0.2, 0) is 16.0 Å². The van der Waals surface area contributed by atoms with Crippen molar-refractivity contribution in [3.05, 3.63) is 53.9 Å².